The number of carbonyl (C=O) groups excluding carboxylic acids is 2. The Morgan fingerprint density at radius 3 is 2.62 bits per heavy atom. The minimum absolute atomic E-state index is 0.0100. The molecule has 1 saturated heterocycles. The highest BCUT2D eigenvalue weighted by Crippen LogP contribution is 2.18. The number of hydrogen-bond donors (Lipinski definition) is 3. The van der Waals surface area contributed by atoms with Crippen molar-refractivity contribution in [1.29, 1.82) is 0 Å². The van der Waals surface area contributed by atoms with Gasteiger partial charge >= 0.3 is 0 Å². The Morgan fingerprint density at radius 1 is 1.21 bits per heavy atom. The third-order valence-electron chi connectivity index (χ3n) is 5.19. The summed E-state index contributed by atoms with van der Waals surface area (Å²) in [6.45, 7) is 5.49. The minimum atomic E-state index is -0.378. The first-order chi connectivity index (χ1) is 13.9. The van der Waals surface area contributed by atoms with Crippen LogP contribution in [0.1, 0.15) is 22.3 Å². The zero-order valence-corrected chi connectivity index (χ0v) is 16.7. The second-order valence-electron chi connectivity index (χ2n) is 7.61. The zero-order chi connectivity index (χ0) is 20.8. The molecular weight excluding hydrogens is 364 g/mol. The standard InChI is InChI=1S/C23H28N4O2/c1-16(24)21(13-17-7-4-3-5-8-17)26-22(28)18-9-6-10-20(14-18)25-23(29)19-11-12-27(2)15-19/h3-10,14,19,21H,1,11-13,15,24H2,2H3,(H,25,29)(H,26,28). The Morgan fingerprint density at radius 2 is 1.97 bits per heavy atom. The zero-order valence-electron chi connectivity index (χ0n) is 16.7. The molecule has 2 aromatic carbocycles. The molecule has 0 aliphatic carbocycles. The van der Waals surface area contributed by atoms with Crippen molar-refractivity contribution in [3.8, 4) is 0 Å². The first kappa shape index (κ1) is 20.6. The van der Waals surface area contributed by atoms with Crippen LogP contribution in [0.5, 0.6) is 0 Å². The van der Waals surface area contributed by atoms with Crippen molar-refractivity contribution in [2.45, 2.75) is 18.9 Å². The summed E-state index contributed by atoms with van der Waals surface area (Å²) in [5, 5.41) is 5.87. The number of amides is 2. The number of rotatable bonds is 7. The predicted octanol–water partition coefficient (Wildman–Crippen LogP) is 2.39. The summed E-state index contributed by atoms with van der Waals surface area (Å²) in [5.41, 5.74) is 8.46. The summed E-state index contributed by atoms with van der Waals surface area (Å²) >= 11 is 0. The maximum atomic E-state index is 12.8. The molecule has 0 bridgehead atoms. The van der Waals surface area contributed by atoms with Gasteiger partial charge in [0.25, 0.3) is 5.91 Å². The number of benzene rings is 2. The summed E-state index contributed by atoms with van der Waals surface area (Å²) in [6.07, 6.45) is 1.41. The van der Waals surface area contributed by atoms with Crippen LogP contribution < -0.4 is 16.4 Å². The normalized spacial score (nSPS) is 17.5. The first-order valence-corrected chi connectivity index (χ1v) is 9.81. The minimum Gasteiger partial charge on any atom is -0.401 e. The van der Waals surface area contributed by atoms with Gasteiger partial charge in [-0.3, -0.25) is 9.59 Å². The Bertz CT molecular complexity index is 881. The fourth-order valence-electron chi connectivity index (χ4n) is 3.50. The van der Waals surface area contributed by atoms with Gasteiger partial charge in [0.1, 0.15) is 0 Å². The molecule has 1 fully saturated rings. The number of nitrogens with two attached hydrogens (primary N) is 1. The van der Waals surface area contributed by atoms with Crippen LogP contribution in [-0.4, -0.2) is 42.9 Å². The quantitative estimate of drug-likeness (QED) is 0.675. The van der Waals surface area contributed by atoms with Crippen molar-refractivity contribution in [3.05, 3.63) is 78.0 Å². The van der Waals surface area contributed by atoms with Crippen molar-refractivity contribution in [1.82, 2.24) is 10.2 Å². The summed E-state index contributed by atoms with van der Waals surface area (Å²) in [4.78, 5) is 27.3. The Kier molecular flexibility index (Phi) is 6.67. The van der Waals surface area contributed by atoms with E-state index in [0.29, 0.717) is 23.4 Å². The highest BCUT2D eigenvalue weighted by Gasteiger charge is 2.26. The van der Waals surface area contributed by atoms with Crippen LogP contribution in [0, 0.1) is 5.92 Å². The number of nitrogens with zero attached hydrogens (tertiary/aromatic N) is 1. The van der Waals surface area contributed by atoms with E-state index in [1.54, 1.807) is 24.3 Å². The van der Waals surface area contributed by atoms with Crippen LogP contribution in [0.25, 0.3) is 0 Å². The van der Waals surface area contributed by atoms with E-state index in [0.717, 1.165) is 25.1 Å². The van der Waals surface area contributed by atoms with E-state index in [1.165, 1.54) is 0 Å². The molecule has 152 valence electrons. The van der Waals surface area contributed by atoms with Crippen molar-refractivity contribution >= 4 is 17.5 Å². The van der Waals surface area contributed by atoms with Crippen LogP contribution >= 0.6 is 0 Å². The molecule has 0 radical (unpaired) electrons. The molecule has 1 aliphatic heterocycles. The molecule has 6 nitrogen and oxygen atoms in total. The smallest absolute Gasteiger partial charge is 0.251 e. The van der Waals surface area contributed by atoms with Crippen LogP contribution in [0.2, 0.25) is 0 Å². The molecule has 0 spiro atoms. The molecule has 0 saturated carbocycles. The van der Waals surface area contributed by atoms with Crippen molar-refractivity contribution in [2.24, 2.45) is 11.7 Å². The van der Waals surface area contributed by atoms with E-state index in [1.807, 2.05) is 37.4 Å². The maximum absolute atomic E-state index is 12.8. The van der Waals surface area contributed by atoms with Gasteiger partial charge in [0.15, 0.2) is 0 Å². The van der Waals surface area contributed by atoms with E-state index in [4.69, 9.17) is 5.73 Å². The number of hydrogen-bond acceptors (Lipinski definition) is 4. The topological polar surface area (TPSA) is 87.5 Å². The Labute approximate surface area is 171 Å². The number of likely N-dealkylation sites (tertiary alicyclic amines) is 1. The van der Waals surface area contributed by atoms with Crippen molar-refractivity contribution in [3.63, 3.8) is 0 Å². The second kappa shape index (κ2) is 9.39. The van der Waals surface area contributed by atoms with Gasteiger partial charge in [-0.05, 0) is 50.2 Å². The lowest BCUT2D eigenvalue weighted by Crippen LogP contribution is -2.40. The Balaban J connectivity index is 1.64. The fraction of sp³-hybridized carbons (Fsp3) is 0.304. The third-order valence-corrected chi connectivity index (χ3v) is 5.19. The van der Waals surface area contributed by atoms with Crippen LogP contribution in [0.4, 0.5) is 5.69 Å². The van der Waals surface area contributed by atoms with Crippen LogP contribution in [-0.2, 0) is 11.2 Å². The van der Waals surface area contributed by atoms with Gasteiger partial charge in [0.05, 0.1) is 12.0 Å². The number of anilines is 1. The van der Waals surface area contributed by atoms with Gasteiger partial charge in [-0.15, -0.1) is 0 Å². The van der Waals surface area contributed by atoms with E-state index < -0.39 is 0 Å². The molecule has 2 amide bonds. The van der Waals surface area contributed by atoms with Crippen LogP contribution in [0.3, 0.4) is 0 Å². The van der Waals surface area contributed by atoms with Gasteiger partial charge in [0, 0.05) is 23.5 Å². The molecule has 2 unspecified atom stereocenters. The van der Waals surface area contributed by atoms with Gasteiger partial charge in [-0.25, -0.2) is 0 Å². The van der Waals surface area contributed by atoms with E-state index in [9.17, 15) is 9.59 Å². The SMILES string of the molecule is C=C(N)C(Cc1ccccc1)NC(=O)c1cccc(NC(=O)C2CCN(C)C2)c1. The molecule has 2 aromatic rings. The molecule has 3 rings (SSSR count). The number of carbonyl (C=O) groups is 2. The molecule has 1 aliphatic rings. The van der Waals surface area contributed by atoms with Gasteiger partial charge in [0.2, 0.25) is 5.91 Å². The second-order valence-corrected chi connectivity index (χ2v) is 7.61. The molecule has 6 heteroatoms. The summed E-state index contributed by atoms with van der Waals surface area (Å²) in [7, 11) is 2.01. The van der Waals surface area contributed by atoms with Gasteiger partial charge in [-0.1, -0.05) is 43.0 Å². The van der Waals surface area contributed by atoms with Crippen molar-refractivity contribution in [2.75, 3.05) is 25.5 Å². The molecule has 1 heterocycles. The molecule has 4 N–H and O–H groups in total. The van der Waals surface area contributed by atoms with Gasteiger partial charge < -0.3 is 21.3 Å². The van der Waals surface area contributed by atoms with Crippen molar-refractivity contribution < 1.29 is 9.59 Å². The molecule has 0 aromatic heterocycles. The molecular formula is C23H28N4O2. The third kappa shape index (κ3) is 5.68. The average Bonchev–Trinajstić information content (AvgIpc) is 3.15. The van der Waals surface area contributed by atoms with E-state index in [-0.39, 0.29) is 23.8 Å². The summed E-state index contributed by atoms with van der Waals surface area (Å²) < 4.78 is 0. The lowest BCUT2D eigenvalue weighted by atomic mass is 10.0. The molecule has 29 heavy (non-hydrogen) atoms. The number of nitrogens with one attached hydrogen (secondary N) is 2. The summed E-state index contributed by atoms with van der Waals surface area (Å²) in [5.74, 6) is -0.285. The van der Waals surface area contributed by atoms with E-state index in [2.05, 4.69) is 22.1 Å². The monoisotopic (exact) mass is 392 g/mol. The lowest BCUT2D eigenvalue weighted by molar-refractivity contribution is -0.119. The average molecular weight is 393 g/mol. The fourth-order valence-corrected chi connectivity index (χ4v) is 3.50. The Hall–Kier alpha value is -3.12. The van der Waals surface area contributed by atoms with Gasteiger partial charge in [-0.2, -0.15) is 0 Å². The summed E-state index contributed by atoms with van der Waals surface area (Å²) in [6, 6.07) is 16.4. The molecule has 2 atom stereocenters. The first-order valence-electron chi connectivity index (χ1n) is 9.81. The predicted molar refractivity (Wildman–Crippen MR) is 115 cm³/mol. The van der Waals surface area contributed by atoms with E-state index >= 15 is 0 Å². The lowest BCUT2D eigenvalue weighted by Gasteiger charge is -2.19. The largest absolute Gasteiger partial charge is 0.401 e. The maximum Gasteiger partial charge on any atom is 0.251 e. The highest BCUT2D eigenvalue weighted by molar-refractivity contribution is 5.98. The highest BCUT2D eigenvalue weighted by atomic mass is 16.2. The van der Waals surface area contributed by atoms with Crippen LogP contribution in [0.15, 0.2) is 66.9 Å².